The van der Waals surface area contributed by atoms with Crippen LogP contribution >= 0.6 is 11.6 Å². The molecule has 4 nitrogen and oxygen atoms in total. The summed E-state index contributed by atoms with van der Waals surface area (Å²) in [6.45, 7) is 1.95. The van der Waals surface area contributed by atoms with Crippen molar-refractivity contribution >= 4 is 24.0 Å². The number of alkyl carbamates (subject to hydrolysis) is 1. The number of allylic oxidation sites excluding steroid dienone is 1. The van der Waals surface area contributed by atoms with Crippen LogP contribution in [0, 0.1) is 0 Å². The van der Waals surface area contributed by atoms with Crippen LogP contribution in [0.5, 0.6) is 0 Å². The van der Waals surface area contributed by atoms with Gasteiger partial charge in [0, 0.05) is 6.20 Å². The van der Waals surface area contributed by atoms with Gasteiger partial charge in [0.05, 0.1) is 11.6 Å². The molecule has 0 rings (SSSR count). The van der Waals surface area contributed by atoms with Crippen molar-refractivity contribution in [3.8, 4) is 0 Å². The first kappa shape index (κ1) is 9.97. The van der Waals surface area contributed by atoms with Crippen LogP contribution in [0.4, 0.5) is 4.79 Å². The summed E-state index contributed by atoms with van der Waals surface area (Å²) in [5, 5.41) is 2.06. The number of rotatable bonds is 3. The van der Waals surface area contributed by atoms with Gasteiger partial charge < -0.3 is 4.74 Å². The van der Waals surface area contributed by atoms with Crippen LogP contribution in [0.3, 0.4) is 0 Å². The van der Waals surface area contributed by atoms with Crippen molar-refractivity contribution < 1.29 is 14.3 Å². The molecule has 11 heavy (non-hydrogen) atoms. The van der Waals surface area contributed by atoms with E-state index in [2.05, 4.69) is 10.1 Å². The van der Waals surface area contributed by atoms with Crippen LogP contribution in [-0.4, -0.2) is 19.0 Å². The molecule has 0 atom stereocenters. The maximum atomic E-state index is 10.5. The zero-order valence-corrected chi connectivity index (χ0v) is 6.72. The Hall–Kier alpha value is -1.03. The minimum absolute atomic E-state index is 0.0851. The van der Waals surface area contributed by atoms with Gasteiger partial charge in [-0.2, -0.15) is 0 Å². The molecule has 0 fully saturated rings. The largest absolute Gasteiger partial charge is 0.450 e. The molecular weight excluding hydrogens is 170 g/mol. The number of aldehydes is 1. The van der Waals surface area contributed by atoms with E-state index in [-0.39, 0.29) is 11.6 Å². The van der Waals surface area contributed by atoms with Gasteiger partial charge in [0.2, 0.25) is 0 Å². The van der Waals surface area contributed by atoms with E-state index in [4.69, 9.17) is 11.6 Å². The number of nitrogens with one attached hydrogen (secondary N) is 1. The second kappa shape index (κ2) is 5.73. The fourth-order valence-electron chi connectivity index (χ4n) is 0.335. The summed E-state index contributed by atoms with van der Waals surface area (Å²) in [4.78, 5) is 20.4. The second-order valence-corrected chi connectivity index (χ2v) is 1.95. The monoisotopic (exact) mass is 177 g/mol. The molecule has 0 aliphatic carbocycles. The van der Waals surface area contributed by atoms with Crippen LogP contribution < -0.4 is 5.32 Å². The molecule has 0 heterocycles. The fourth-order valence-corrected chi connectivity index (χ4v) is 0.389. The van der Waals surface area contributed by atoms with Crippen molar-refractivity contribution in [2.45, 2.75) is 6.92 Å². The Bertz CT molecular complexity index is 179. The predicted octanol–water partition coefficient (Wildman–Crippen LogP) is 1.01. The van der Waals surface area contributed by atoms with Gasteiger partial charge in [-0.15, -0.1) is 0 Å². The SMILES string of the molecule is CCOC(=O)NC=C(Cl)C=O. The maximum absolute atomic E-state index is 10.5. The van der Waals surface area contributed by atoms with Gasteiger partial charge in [-0.05, 0) is 6.92 Å². The van der Waals surface area contributed by atoms with E-state index in [0.717, 1.165) is 6.20 Å². The Labute approximate surface area is 69.2 Å². The fraction of sp³-hybridized carbons (Fsp3) is 0.333. The number of halogens is 1. The average Bonchev–Trinajstić information content (AvgIpc) is 2.01. The molecule has 0 bridgehead atoms. The normalized spacial score (nSPS) is 10.5. The standard InChI is InChI=1S/C6H8ClNO3/c1-2-11-6(10)8-3-5(7)4-9/h3-4H,2H2,1H3,(H,8,10). The van der Waals surface area contributed by atoms with Crippen LogP contribution in [0.15, 0.2) is 11.2 Å². The smallest absolute Gasteiger partial charge is 0.411 e. The summed E-state index contributed by atoms with van der Waals surface area (Å²) >= 11 is 5.23. The van der Waals surface area contributed by atoms with Gasteiger partial charge in [-0.3, -0.25) is 10.1 Å². The lowest BCUT2D eigenvalue weighted by Crippen LogP contribution is -2.18. The molecule has 0 saturated carbocycles. The highest BCUT2D eigenvalue weighted by Gasteiger charge is 1.95. The highest BCUT2D eigenvalue weighted by molar-refractivity contribution is 6.38. The Morgan fingerprint density at radius 3 is 2.82 bits per heavy atom. The first-order valence-electron chi connectivity index (χ1n) is 2.94. The topological polar surface area (TPSA) is 55.4 Å². The van der Waals surface area contributed by atoms with E-state index in [0.29, 0.717) is 6.29 Å². The zero-order chi connectivity index (χ0) is 8.69. The maximum Gasteiger partial charge on any atom is 0.411 e. The van der Waals surface area contributed by atoms with Gasteiger partial charge in [0.15, 0.2) is 6.29 Å². The molecule has 0 aromatic carbocycles. The molecule has 0 unspecified atom stereocenters. The molecule has 1 N–H and O–H groups in total. The Kier molecular flexibility index (Phi) is 5.20. The molecule has 0 spiro atoms. The minimum atomic E-state index is -0.632. The molecule has 0 radical (unpaired) electrons. The van der Waals surface area contributed by atoms with E-state index >= 15 is 0 Å². The van der Waals surface area contributed by atoms with E-state index in [9.17, 15) is 9.59 Å². The summed E-state index contributed by atoms with van der Waals surface area (Å²) < 4.78 is 4.47. The lowest BCUT2D eigenvalue weighted by molar-refractivity contribution is -0.104. The number of carbonyl (C=O) groups excluding carboxylic acids is 2. The van der Waals surface area contributed by atoms with Crippen LogP contribution in [0.1, 0.15) is 6.92 Å². The molecule has 62 valence electrons. The molecule has 0 aliphatic rings. The lowest BCUT2D eigenvalue weighted by Gasteiger charge is -1.98. The molecule has 5 heteroatoms. The first-order valence-corrected chi connectivity index (χ1v) is 3.32. The first-order chi connectivity index (χ1) is 5.20. The molecule has 0 aliphatic heterocycles. The summed E-state index contributed by atoms with van der Waals surface area (Å²) in [6.07, 6.45) is 0.841. The summed E-state index contributed by atoms with van der Waals surface area (Å²) in [7, 11) is 0. The second-order valence-electron chi connectivity index (χ2n) is 1.51. The average molecular weight is 178 g/mol. The third kappa shape index (κ3) is 5.42. The van der Waals surface area contributed by atoms with E-state index in [1.54, 1.807) is 6.92 Å². The summed E-state index contributed by atoms with van der Waals surface area (Å²) in [5.74, 6) is 0. The molecular formula is C6H8ClNO3. The Balaban J connectivity index is 3.68. The number of carbonyl (C=O) groups is 2. The van der Waals surface area contributed by atoms with Crippen LogP contribution in [0.25, 0.3) is 0 Å². The van der Waals surface area contributed by atoms with Crippen molar-refractivity contribution in [1.29, 1.82) is 0 Å². The Morgan fingerprint density at radius 2 is 2.36 bits per heavy atom. The van der Waals surface area contributed by atoms with Crippen LogP contribution in [0.2, 0.25) is 0 Å². The number of amides is 1. The number of ether oxygens (including phenoxy) is 1. The van der Waals surface area contributed by atoms with Gasteiger partial charge in [0.1, 0.15) is 0 Å². The molecule has 0 aromatic rings. The van der Waals surface area contributed by atoms with Crippen LogP contribution in [-0.2, 0) is 9.53 Å². The van der Waals surface area contributed by atoms with E-state index in [1.807, 2.05) is 0 Å². The highest BCUT2D eigenvalue weighted by Crippen LogP contribution is 1.92. The highest BCUT2D eigenvalue weighted by atomic mass is 35.5. The van der Waals surface area contributed by atoms with Crippen molar-refractivity contribution in [3.05, 3.63) is 11.2 Å². The minimum Gasteiger partial charge on any atom is -0.450 e. The van der Waals surface area contributed by atoms with E-state index in [1.165, 1.54) is 0 Å². The van der Waals surface area contributed by atoms with Crippen molar-refractivity contribution in [2.24, 2.45) is 0 Å². The third-order valence-electron chi connectivity index (χ3n) is 0.716. The van der Waals surface area contributed by atoms with Crippen molar-refractivity contribution in [3.63, 3.8) is 0 Å². The Morgan fingerprint density at radius 1 is 1.73 bits per heavy atom. The quantitative estimate of drug-likeness (QED) is 0.517. The number of hydrogen-bond donors (Lipinski definition) is 1. The van der Waals surface area contributed by atoms with E-state index < -0.39 is 6.09 Å². The number of hydrogen-bond acceptors (Lipinski definition) is 3. The molecule has 0 saturated heterocycles. The zero-order valence-electron chi connectivity index (χ0n) is 5.96. The predicted molar refractivity (Wildman–Crippen MR) is 40.2 cm³/mol. The van der Waals surface area contributed by atoms with Gasteiger partial charge in [-0.25, -0.2) is 4.79 Å². The van der Waals surface area contributed by atoms with Gasteiger partial charge in [0.25, 0.3) is 0 Å². The lowest BCUT2D eigenvalue weighted by atomic mass is 10.6. The van der Waals surface area contributed by atoms with Gasteiger partial charge >= 0.3 is 6.09 Å². The summed E-state index contributed by atoms with van der Waals surface area (Å²) in [6, 6.07) is 0. The third-order valence-corrected chi connectivity index (χ3v) is 0.914. The van der Waals surface area contributed by atoms with Gasteiger partial charge in [-0.1, -0.05) is 11.6 Å². The van der Waals surface area contributed by atoms with Crippen molar-refractivity contribution in [1.82, 2.24) is 5.32 Å². The van der Waals surface area contributed by atoms with Crippen molar-refractivity contribution in [2.75, 3.05) is 6.61 Å². The summed E-state index contributed by atoms with van der Waals surface area (Å²) in [5.41, 5.74) is 0. The molecule has 1 amide bonds. The molecule has 0 aromatic heterocycles.